The fourth-order valence-corrected chi connectivity index (χ4v) is 1.42. The molecule has 1 aromatic rings. The highest BCUT2D eigenvalue weighted by atomic mass is 16.3. The summed E-state index contributed by atoms with van der Waals surface area (Å²) in [5.41, 5.74) is 4.48. The van der Waals surface area contributed by atoms with Crippen LogP contribution in [0.1, 0.15) is 36.1 Å². The van der Waals surface area contributed by atoms with Crippen LogP contribution in [0.5, 0.6) is 0 Å². The number of rotatable bonds is 3. The van der Waals surface area contributed by atoms with Gasteiger partial charge in [0.25, 0.3) is 0 Å². The molecule has 1 unspecified atom stereocenters. The van der Waals surface area contributed by atoms with E-state index in [4.69, 9.17) is 0 Å². The van der Waals surface area contributed by atoms with Gasteiger partial charge in [-0.25, -0.2) is 0 Å². The van der Waals surface area contributed by atoms with Crippen LogP contribution in [-0.4, -0.2) is 5.11 Å². The molecule has 0 aliphatic heterocycles. The standard InChI is InChI=1S/C13H18O/c1-9(2)7-13(14)12-6-5-10(3)11(4)8-12/h5-6,8,13-14H,1,7H2,2-4H3. The molecule has 14 heavy (non-hydrogen) atoms. The van der Waals surface area contributed by atoms with Crippen molar-refractivity contribution in [2.75, 3.05) is 0 Å². The van der Waals surface area contributed by atoms with Crippen molar-refractivity contribution in [3.8, 4) is 0 Å². The third-order valence-corrected chi connectivity index (χ3v) is 2.46. The maximum atomic E-state index is 9.85. The molecule has 1 aromatic carbocycles. The van der Waals surface area contributed by atoms with Gasteiger partial charge in [-0.1, -0.05) is 23.8 Å². The molecule has 0 amide bonds. The Hall–Kier alpha value is -1.08. The fourth-order valence-electron chi connectivity index (χ4n) is 1.42. The minimum Gasteiger partial charge on any atom is -0.388 e. The lowest BCUT2D eigenvalue weighted by molar-refractivity contribution is 0.178. The van der Waals surface area contributed by atoms with E-state index in [2.05, 4.69) is 20.4 Å². The zero-order valence-electron chi connectivity index (χ0n) is 9.17. The molecule has 0 saturated heterocycles. The van der Waals surface area contributed by atoms with Crippen molar-refractivity contribution >= 4 is 0 Å². The average Bonchev–Trinajstić information content (AvgIpc) is 2.08. The van der Waals surface area contributed by atoms with E-state index >= 15 is 0 Å². The van der Waals surface area contributed by atoms with Crippen LogP contribution >= 0.6 is 0 Å². The Kier molecular flexibility index (Phi) is 3.48. The average molecular weight is 190 g/mol. The van der Waals surface area contributed by atoms with Gasteiger partial charge in [0.05, 0.1) is 6.10 Å². The van der Waals surface area contributed by atoms with Crippen molar-refractivity contribution in [3.63, 3.8) is 0 Å². The monoisotopic (exact) mass is 190 g/mol. The van der Waals surface area contributed by atoms with Gasteiger partial charge < -0.3 is 5.11 Å². The normalized spacial score (nSPS) is 12.6. The highest BCUT2D eigenvalue weighted by Crippen LogP contribution is 2.22. The van der Waals surface area contributed by atoms with E-state index in [1.54, 1.807) is 0 Å². The van der Waals surface area contributed by atoms with E-state index in [1.807, 2.05) is 25.1 Å². The van der Waals surface area contributed by atoms with E-state index in [9.17, 15) is 5.11 Å². The predicted molar refractivity (Wildman–Crippen MR) is 60.3 cm³/mol. The molecule has 0 heterocycles. The van der Waals surface area contributed by atoms with Crippen molar-refractivity contribution < 1.29 is 5.11 Å². The molecule has 1 atom stereocenters. The highest BCUT2D eigenvalue weighted by Gasteiger charge is 2.07. The second-order valence-electron chi connectivity index (χ2n) is 4.02. The molecule has 0 aliphatic rings. The van der Waals surface area contributed by atoms with Crippen molar-refractivity contribution in [2.45, 2.75) is 33.3 Å². The Bertz CT molecular complexity index is 339. The van der Waals surface area contributed by atoms with Crippen LogP contribution in [0.4, 0.5) is 0 Å². The molecule has 0 aromatic heterocycles. The maximum absolute atomic E-state index is 9.85. The van der Waals surface area contributed by atoms with E-state index in [0.29, 0.717) is 6.42 Å². The molecule has 0 saturated carbocycles. The van der Waals surface area contributed by atoms with Crippen molar-refractivity contribution in [3.05, 3.63) is 47.0 Å². The van der Waals surface area contributed by atoms with Crippen LogP contribution in [0.15, 0.2) is 30.4 Å². The van der Waals surface area contributed by atoms with Crippen LogP contribution in [-0.2, 0) is 0 Å². The summed E-state index contributed by atoms with van der Waals surface area (Å²) in [6, 6.07) is 6.07. The summed E-state index contributed by atoms with van der Waals surface area (Å²) >= 11 is 0. The van der Waals surface area contributed by atoms with Crippen LogP contribution in [0.3, 0.4) is 0 Å². The van der Waals surface area contributed by atoms with Crippen molar-refractivity contribution in [2.24, 2.45) is 0 Å². The van der Waals surface area contributed by atoms with Gasteiger partial charge in [-0.05, 0) is 43.9 Å². The first-order valence-corrected chi connectivity index (χ1v) is 4.90. The van der Waals surface area contributed by atoms with Crippen LogP contribution < -0.4 is 0 Å². The van der Waals surface area contributed by atoms with Crippen LogP contribution in [0.25, 0.3) is 0 Å². The third-order valence-electron chi connectivity index (χ3n) is 2.46. The molecular weight excluding hydrogens is 172 g/mol. The molecule has 0 aliphatic carbocycles. The third kappa shape index (κ3) is 2.71. The van der Waals surface area contributed by atoms with Gasteiger partial charge >= 0.3 is 0 Å². The van der Waals surface area contributed by atoms with Crippen molar-refractivity contribution in [1.82, 2.24) is 0 Å². The lowest BCUT2D eigenvalue weighted by Gasteiger charge is -2.12. The fraction of sp³-hybridized carbons (Fsp3) is 0.385. The van der Waals surface area contributed by atoms with Gasteiger partial charge in [0.1, 0.15) is 0 Å². The Morgan fingerprint density at radius 2 is 2.00 bits per heavy atom. The molecule has 1 N–H and O–H groups in total. The first-order chi connectivity index (χ1) is 6.50. The number of aliphatic hydroxyl groups excluding tert-OH is 1. The summed E-state index contributed by atoms with van der Waals surface area (Å²) < 4.78 is 0. The quantitative estimate of drug-likeness (QED) is 0.725. The van der Waals surface area contributed by atoms with Gasteiger partial charge in [-0.2, -0.15) is 0 Å². The number of hydrogen-bond donors (Lipinski definition) is 1. The van der Waals surface area contributed by atoms with Gasteiger partial charge in [0.15, 0.2) is 0 Å². The zero-order chi connectivity index (χ0) is 10.7. The summed E-state index contributed by atoms with van der Waals surface area (Å²) in [7, 11) is 0. The first-order valence-electron chi connectivity index (χ1n) is 4.90. The van der Waals surface area contributed by atoms with E-state index in [-0.39, 0.29) is 0 Å². The molecule has 0 bridgehead atoms. The van der Waals surface area contributed by atoms with Crippen molar-refractivity contribution in [1.29, 1.82) is 0 Å². The lowest BCUT2D eigenvalue weighted by atomic mass is 9.99. The molecule has 76 valence electrons. The van der Waals surface area contributed by atoms with E-state index < -0.39 is 6.10 Å². The predicted octanol–water partition coefficient (Wildman–Crippen LogP) is 3.30. The lowest BCUT2D eigenvalue weighted by Crippen LogP contribution is -1.98. The Balaban J connectivity index is 2.85. The summed E-state index contributed by atoms with van der Waals surface area (Å²) in [6.45, 7) is 9.87. The molecular formula is C13H18O. The first kappa shape index (κ1) is 11.0. The maximum Gasteiger partial charge on any atom is 0.0827 e. The molecule has 1 nitrogen and oxygen atoms in total. The largest absolute Gasteiger partial charge is 0.388 e. The minimum absolute atomic E-state index is 0.410. The number of hydrogen-bond acceptors (Lipinski definition) is 1. The van der Waals surface area contributed by atoms with E-state index in [1.165, 1.54) is 11.1 Å². The number of aliphatic hydroxyl groups is 1. The molecule has 0 fully saturated rings. The smallest absolute Gasteiger partial charge is 0.0827 e. The van der Waals surface area contributed by atoms with Gasteiger partial charge in [-0.15, -0.1) is 6.58 Å². The molecule has 1 rings (SSSR count). The Morgan fingerprint density at radius 3 is 2.50 bits per heavy atom. The van der Waals surface area contributed by atoms with Crippen LogP contribution in [0, 0.1) is 13.8 Å². The SMILES string of the molecule is C=C(C)CC(O)c1ccc(C)c(C)c1. The Morgan fingerprint density at radius 1 is 1.36 bits per heavy atom. The molecule has 1 heteroatoms. The summed E-state index contributed by atoms with van der Waals surface area (Å²) in [6.07, 6.45) is 0.231. The summed E-state index contributed by atoms with van der Waals surface area (Å²) in [5.74, 6) is 0. The van der Waals surface area contributed by atoms with Gasteiger partial charge in [-0.3, -0.25) is 0 Å². The van der Waals surface area contributed by atoms with Gasteiger partial charge in [0, 0.05) is 0 Å². The minimum atomic E-state index is -0.410. The zero-order valence-corrected chi connectivity index (χ0v) is 9.17. The number of benzene rings is 1. The second-order valence-corrected chi connectivity index (χ2v) is 4.02. The highest BCUT2D eigenvalue weighted by molar-refractivity contribution is 5.31. The number of aryl methyl sites for hydroxylation is 2. The Labute approximate surface area is 86.1 Å². The van der Waals surface area contributed by atoms with E-state index in [0.717, 1.165) is 11.1 Å². The summed E-state index contributed by atoms with van der Waals surface area (Å²) in [5, 5.41) is 9.85. The van der Waals surface area contributed by atoms with Crippen LogP contribution in [0.2, 0.25) is 0 Å². The summed E-state index contributed by atoms with van der Waals surface area (Å²) in [4.78, 5) is 0. The molecule has 0 spiro atoms. The second kappa shape index (κ2) is 4.43. The topological polar surface area (TPSA) is 20.2 Å². The molecule has 0 radical (unpaired) electrons. The van der Waals surface area contributed by atoms with Gasteiger partial charge in [0.2, 0.25) is 0 Å².